The summed E-state index contributed by atoms with van der Waals surface area (Å²) in [6.07, 6.45) is -0.281. The Hall–Kier alpha value is -1.96. The lowest BCUT2D eigenvalue weighted by molar-refractivity contribution is -0.0203. The van der Waals surface area contributed by atoms with Crippen LogP contribution >= 0.6 is 0 Å². The number of ether oxygens (including phenoxy) is 1. The molecule has 2 heterocycles. The van der Waals surface area contributed by atoms with Gasteiger partial charge in [0.05, 0.1) is 0 Å². The van der Waals surface area contributed by atoms with Gasteiger partial charge in [-0.05, 0) is 22.7 Å². The van der Waals surface area contributed by atoms with Gasteiger partial charge in [-0.15, -0.1) is 0 Å². The molecule has 0 aromatic carbocycles. The quantitative estimate of drug-likeness (QED) is 0.892. The van der Waals surface area contributed by atoms with E-state index in [1.165, 1.54) is 0 Å². The second-order valence-corrected chi connectivity index (χ2v) is 5.16. The molecular weight excluding hydrogens is 250 g/mol. The number of aromatic nitrogens is 4. The van der Waals surface area contributed by atoms with Crippen molar-refractivity contribution < 1.29 is 13.9 Å². The summed E-state index contributed by atoms with van der Waals surface area (Å²) in [5.74, 6) is 0.730. The van der Waals surface area contributed by atoms with Gasteiger partial charge in [0.25, 0.3) is 5.89 Å². The van der Waals surface area contributed by atoms with E-state index in [-0.39, 0.29) is 28.9 Å². The van der Waals surface area contributed by atoms with Gasteiger partial charge in [-0.3, -0.25) is 0 Å². The van der Waals surface area contributed by atoms with Gasteiger partial charge in [0, 0.05) is 6.61 Å². The van der Waals surface area contributed by atoms with Crippen LogP contribution in [0.2, 0.25) is 0 Å². The van der Waals surface area contributed by atoms with E-state index in [4.69, 9.17) is 15.0 Å². The normalized spacial score (nSPS) is 13.7. The van der Waals surface area contributed by atoms with Crippen molar-refractivity contribution in [2.75, 3.05) is 12.3 Å². The molecule has 2 N–H and O–H groups in total. The van der Waals surface area contributed by atoms with E-state index in [0.29, 0.717) is 12.4 Å². The zero-order valence-corrected chi connectivity index (χ0v) is 11.4. The molecule has 0 saturated heterocycles. The molecule has 0 bridgehead atoms. The van der Waals surface area contributed by atoms with Crippen molar-refractivity contribution in [2.45, 2.75) is 33.8 Å². The fraction of sp³-hybridized carbons (Fsp3) is 0.636. The largest absolute Gasteiger partial charge is 0.379 e. The highest BCUT2D eigenvalue weighted by atomic mass is 16.6. The second-order valence-electron chi connectivity index (χ2n) is 5.16. The maximum atomic E-state index is 5.68. The third-order valence-electron chi connectivity index (χ3n) is 2.51. The molecule has 19 heavy (non-hydrogen) atoms. The van der Waals surface area contributed by atoms with Crippen LogP contribution in [0, 0.1) is 5.41 Å². The van der Waals surface area contributed by atoms with Gasteiger partial charge in [-0.1, -0.05) is 25.9 Å². The van der Waals surface area contributed by atoms with E-state index >= 15 is 0 Å². The van der Waals surface area contributed by atoms with Crippen LogP contribution in [0.5, 0.6) is 0 Å². The Kier molecular flexibility index (Phi) is 3.52. The third kappa shape index (κ3) is 2.73. The van der Waals surface area contributed by atoms with E-state index in [0.717, 1.165) is 0 Å². The fourth-order valence-electron chi connectivity index (χ4n) is 1.66. The van der Waals surface area contributed by atoms with Gasteiger partial charge < -0.3 is 15.0 Å². The maximum Gasteiger partial charge on any atom is 0.284 e. The van der Waals surface area contributed by atoms with Crippen molar-refractivity contribution in [1.82, 2.24) is 20.5 Å². The first-order chi connectivity index (χ1) is 8.93. The highest BCUT2D eigenvalue weighted by Gasteiger charge is 2.32. The molecule has 0 fully saturated rings. The molecule has 2 aromatic heterocycles. The van der Waals surface area contributed by atoms with Gasteiger partial charge in [0.15, 0.2) is 0 Å². The van der Waals surface area contributed by atoms with Crippen LogP contribution in [0.3, 0.4) is 0 Å². The average molecular weight is 267 g/mol. The fourth-order valence-corrected chi connectivity index (χ4v) is 1.66. The molecule has 1 atom stereocenters. The highest BCUT2D eigenvalue weighted by Crippen LogP contribution is 2.35. The Balaban J connectivity index is 2.32. The number of nitrogens with two attached hydrogens (primary N) is 1. The Morgan fingerprint density at radius 1 is 1.26 bits per heavy atom. The molecule has 2 rings (SSSR count). The third-order valence-corrected chi connectivity index (χ3v) is 2.51. The predicted molar refractivity (Wildman–Crippen MR) is 65.8 cm³/mol. The minimum absolute atomic E-state index is 0.110. The lowest BCUT2D eigenvalue weighted by Crippen LogP contribution is -2.22. The molecule has 0 spiro atoms. The lowest BCUT2D eigenvalue weighted by atomic mass is 9.88. The Bertz CT molecular complexity index is 543. The van der Waals surface area contributed by atoms with Crippen LogP contribution in [0.1, 0.15) is 39.6 Å². The topological polar surface area (TPSA) is 113 Å². The van der Waals surface area contributed by atoms with Crippen molar-refractivity contribution in [1.29, 1.82) is 0 Å². The summed E-state index contributed by atoms with van der Waals surface area (Å²) in [4.78, 5) is 4.25. The zero-order valence-electron chi connectivity index (χ0n) is 11.4. The van der Waals surface area contributed by atoms with Crippen LogP contribution in [-0.2, 0) is 4.74 Å². The summed E-state index contributed by atoms with van der Waals surface area (Å²) in [7, 11) is 0. The molecule has 0 radical (unpaired) electrons. The van der Waals surface area contributed by atoms with Crippen LogP contribution in [0.4, 0.5) is 5.82 Å². The van der Waals surface area contributed by atoms with Crippen LogP contribution in [0.25, 0.3) is 11.6 Å². The first-order valence-electron chi connectivity index (χ1n) is 5.97. The number of hydrogen-bond acceptors (Lipinski definition) is 8. The SMILES string of the molecule is CCOC(c1noc(-c2nonc2N)n1)C(C)(C)C. The van der Waals surface area contributed by atoms with Gasteiger partial charge in [0.1, 0.15) is 6.10 Å². The Morgan fingerprint density at radius 3 is 2.53 bits per heavy atom. The average Bonchev–Trinajstić information content (AvgIpc) is 2.92. The summed E-state index contributed by atoms with van der Waals surface area (Å²) in [6, 6.07) is 0. The minimum Gasteiger partial charge on any atom is -0.379 e. The van der Waals surface area contributed by atoms with Crippen LogP contribution < -0.4 is 5.73 Å². The summed E-state index contributed by atoms with van der Waals surface area (Å²) in [6.45, 7) is 8.58. The molecule has 8 heteroatoms. The molecule has 0 aliphatic rings. The monoisotopic (exact) mass is 267 g/mol. The van der Waals surface area contributed by atoms with Gasteiger partial charge in [-0.25, -0.2) is 4.63 Å². The van der Waals surface area contributed by atoms with Crippen molar-refractivity contribution in [3.63, 3.8) is 0 Å². The van der Waals surface area contributed by atoms with E-state index in [9.17, 15) is 0 Å². The van der Waals surface area contributed by atoms with E-state index in [2.05, 4.69) is 25.1 Å². The number of nitrogen functional groups attached to an aromatic ring is 1. The molecule has 0 amide bonds. The van der Waals surface area contributed by atoms with E-state index in [1.54, 1.807) is 0 Å². The summed E-state index contributed by atoms with van der Waals surface area (Å²) >= 11 is 0. The number of hydrogen-bond donors (Lipinski definition) is 1. The van der Waals surface area contributed by atoms with Crippen molar-refractivity contribution in [2.24, 2.45) is 5.41 Å². The molecule has 104 valence electrons. The molecular formula is C11H17N5O3. The van der Waals surface area contributed by atoms with Gasteiger partial charge in [0.2, 0.25) is 17.3 Å². The molecule has 0 saturated carbocycles. The van der Waals surface area contributed by atoms with Crippen molar-refractivity contribution in [3.05, 3.63) is 5.82 Å². The first kappa shape index (κ1) is 13.5. The maximum absolute atomic E-state index is 5.68. The summed E-state index contributed by atoms with van der Waals surface area (Å²) < 4.78 is 15.3. The number of rotatable bonds is 4. The lowest BCUT2D eigenvalue weighted by Gasteiger charge is -2.27. The van der Waals surface area contributed by atoms with Crippen molar-refractivity contribution in [3.8, 4) is 11.6 Å². The van der Waals surface area contributed by atoms with Crippen molar-refractivity contribution >= 4 is 5.82 Å². The zero-order chi connectivity index (χ0) is 14.0. The van der Waals surface area contributed by atoms with Gasteiger partial charge >= 0.3 is 0 Å². The Morgan fingerprint density at radius 2 is 2.00 bits per heavy atom. The summed E-state index contributed by atoms with van der Waals surface area (Å²) in [5.41, 5.74) is 5.65. The highest BCUT2D eigenvalue weighted by molar-refractivity contribution is 5.60. The molecule has 0 aliphatic heterocycles. The van der Waals surface area contributed by atoms with Gasteiger partial charge in [-0.2, -0.15) is 4.98 Å². The van der Waals surface area contributed by atoms with E-state index in [1.807, 2.05) is 27.7 Å². The molecule has 0 aliphatic carbocycles. The summed E-state index contributed by atoms with van der Waals surface area (Å²) in [5, 5.41) is 11.0. The van der Waals surface area contributed by atoms with Crippen LogP contribution in [-0.4, -0.2) is 27.1 Å². The predicted octanol–water partition coefficient (Wildman–Crippen LogP) is 1.83. The second kappa shape index (κ2) is 4.96. The standard InChI is InChI=1S/C11H17N5O3/c1-5-17-7(11(2,3)4)9-13-10(18-16-9)6-8(12)15-19-14-6/h7H,5H2,1-4H3,(H2,12,15). The number of nitrogens with zero attached hydrogens (tertiary/aromatic N) is 4. The number of anilines is 1. The molecule has 8 nitrogen and oxygen atoms in total. The molecule has 1 unspecified atom stereocenters. The van der Waals surface area contributed by atoms with Crippen LogP contribution in [0.15, 0.2) is 9.15 Å². The first-order valence-corrected chi connectivity index (χ1v) is 5.97. The Labute approximate surface area is 110 Å². The smallest absolute Gasteiger partial charge is 0.284 e. The van der Waals surface area contributed by atoms with E-state index < -0.39 is 0 Å². The molecule has 2 aromatic rings. The minimum atomic E-state index is -0.281.